The fourth-order valence-corrected chi connectivity index (χ4v) is 3.28. The lowest BCUT2D eigenvalue weighted by Gasteiger charge is -2.08. The van der Waals surface area contributed by atoms with Crippen molar-refractivity contribution in [2.45, 2.75) is 4.90 Å². The van der Waals surface area contributed by atoms with Crippen LogP contribution in [-0.4, -0.2) is 24.7 Å². The van der Waals surface area contributed by atoms with Gasteiger partial charge in [-0.25, -0.2) is 0 Å². The molecule has 0 aromatic heterocycles. The van der Waals surface area contributed by atoms with E-state index in [0.29, 0.717) is 22.0 Å². The highest BCUT2D eigenvalue weighted by Crippen LogP contribution is 2.21. The molecule has 0 fully saturated rings. The first-order valence-corrected chi connectivity index (χ1v) is 10.1. The topological polar surface area (TPSA) is 67.4 Å². The van der Waals surface area contributed by atoms with Gasteiger partial charge in [-0.15, -0.1) is 11.8 Å². The van der Waals surface area contributed by atoms with Crippen molar-refractivity contribution in [1.29, 1.82) is 0 Å². The van der Waals surface area contributed by atoms with Gasteiger partial charge in [-0.1, -0.05) is 11.6 Å². The molecule has 0 saturated heterocycles. The summed E-state index contributed by atoms with van der Waals surface area (Å²) in [6.45, 7) is 0. The monoisotopic (exact) mass is 426 g/mol. The van der Waals surface area contributed by atoms with E-state index in [-0.39, 0.29) is 17.6 Å². The van der Waals surface area contributed by atoms with Crippen LogP contribution in [0.25, 0.3) is 0 Å². The number of hydrogen-bond acceptors (Lipinski definition) is 4. The first-order chi connectivity index (χ1) is 14.0. The van der Waals surface area contributed by atoms with E-state index in [1.165, 1.54) is 11.8 Å². The minimum atomic E-state index is -0.230. The van der Waals surface area contributed by atoms with Crippen LogP contribution in [0.15, 0.2) is 77.7 Å². The number of benzene rings is 3. The summed E-state index contributed by atoms with van der Waals surface area (Å²) in [7, 11) is 1.59. The zero-order valence-electron chi connectivity index (χ0n) is 15.6. The molecule has 0 spiro atoms. The molecule has 0 unspecified atom stereocenters. The van der Waals surface area contributed by atoms with Crippen LogP contribution in [0.4, 0.5) is 11.4 Å². The summed E-state index contributed by atoms with van der Waals surface area (Å²) >= 11 is 7.28. The Morgan fingerprint density at radius 2 is 1.45 bits per heavy atom. The van der Waals surface area contributed by atoms with E-state index in [4.69, 9.17) is 16.3 Å². The lowest BCUT2D eigenvalue weighted by atomic mass is 10.2. The van der Waals surface area contributed by atoms with Gasteiger partial charge >= 0.3 is 0 Å². The van der Waals surface area contributed by atoms with Crippen molar-refractivity contribution in [3.8, 4) is 5.75 Å². The summed E-state index contributed by atoms with van der Waals surface area (Å²) < 4.78 is 5.10. The molecule has 148 valence electrons. The van der Waals surface area contributed by atoms with Crippen molar-refractivity contribution in [1.82, 2.24) is 0 Å². The summed E-state index contributed by atoms with van der Waals surface area (Å²) in [5.74, 6) is 0.644. The minimum absolute atomic E-state index is 0.125. The lowest BCUT2D eigenvalue weighted by Crippen LogP contribution is -2.15. The molecule has 0 saturated carbocycles. The van der Waals surface area contributed by atoms with Gasteiger partial charge in [-0.2, -0.15) is 0 Å². The molecule has 2 N–H and O–H groups in total. The molecule has 0 aliphatic heterocycles. The van der Waals surface area contributed by atoms with Crippen LogP contribution in [0.5, 0.6) is 5.75 Å². The summed E-state index contributed by atoms with van der Waals surface area (Å²) in [6.07, 6.45) is 0. The predicted molar refractivity (Wildman–Crippen MR) is 118 cm³/mol. The molecular formula is C22H19ClN2O3S. The van der Waals surface area contributed by atoms with Gasteiger partial charge in [0.1, 0.15) is 5.75 Å². The Hall–Kier alpha value is -2.96. The van der Waals surface area contributed by atoms with E-state index >= 15 is 0 Å². The third-order valence-electron chi connectivity index (χ3n) is 3.96. The number of carbonyl (C=O) groups is 2. The van der Waals surface area contributed by atoms with Gasteiger partial charge in [0, 0.05) is 26.9 Å². The predicted octanol–water partition coefficient (Wildman–Crippen LogP) is 5.33. The van der Waals surface area contributed by atoms with E-state index in [9.17, 15) is 9.59 Å². The number of carbonyl (C=O) groups excluding carboxylic acids is 2. The number of hydrogen-bond donors (Lipinski definition) is 2. The van der Waals surface area contributed by atoms with Gasteiger partial charge in [0.25, 0.3) is 5.91 Å². The number of rotatable bonds is 7. The highest BCUT2D eigenvalue weighted by Gasteiger charge is 2.08. The van der Waals surface area contributed by atoms with Gasteiger partial charge in [-0.3, -0.25) is 9.59 Å². The Bertz CT molecular complexity index is 974. The summed E-state index contributed by atoms with van der Waals surface area (Å²) in [6, 6.07) is 21.1. The number of anilines is 2. The molecule has 3 aromatic carbocycles. The van der Waals surface area contributed by atoms with Gasteiger partial charge in [0.05, 0.1) is 12.9 Å². The molecule has 0 bridgehead atoms. The van der Waals surface area contributed by atoms with Gasteiger partial charge in [0.15, 0.2) is 0 Å². The van der Waals surface area contributed by atoms with Crippen molar-refractivity contribution in [3.05, 3.63) is 83.4 Å². The third-order valence-corrected chi connectivity index (χ3v) is 5.23. The van der Waals surface area contributed by atoms with Gasteiger partial charge < -0.3 is 15.4 Å². The molecule has 0 aliphatic rings. The number of halogens is 1. The van der Waals surface area contributed by atoms with Crippen molar-refractivity contribution >= 4 is 46.6 Å². The van der Waals surface area contributed by atoms with Crippen molar-refractivity contribution in [2.24, 2.45) is 0 Å². The van der Waals surface area contributed by atoms with Crippen molar-refractivity contribution in [2.75, 3.05) is 23.5 Å². The maximum absolute atomic E-state index is 12.3. The average Bonchev–Trinajstić information content (AvgIpc) is 2.74. The fraction of sp³-hybridized carbons (Fsp3) is 0.0909. The Balaban J connectivity index is 1.51. The van der Waals surface area contributed by atoms with Crippen LogP contribution >= 0.6 is 23.4 Å². The standard InChI is InChI=1S/C22H19ClN2O3S/c1-28-19-10-8-18(9-11-19)25-22(27)15-2-6-17(7-3-15)24-21(26)14-29-20-12-4-16(23)5-13-20/h2-13H,14H2,1H3,(H,24,26)(H,25,27). The molecule has 3 aromatic rings. The van der Waals surface area contributed by atoms with Gasteiger partial charge in [-0.05, 0) is 72.8 Å². The second kappa shape index (κ2) is 10.0. The molecule has 2 amide bonds. The van der Waals surface area contributed by atoms with Crippen LogP contribution in [-0.2, 0) is 4.79 Å². The number of amides is 2. The van der Waals surface area contributed by atoms with E-state index < -0.39 is 0 Å². The quantitative estimate of drug-likeness (QED) is 0.501. The van der Waals surface area contributed by atoms with Crippen LogP contribution in [0.3, 0.4) is 0 Å². The molecule has 0 aliphatic carbocycles. The van der Waals surface area contributed by atoms with Crippen LogP contribution < -0.4 is 15.4 Å². The number of ether oxygens (including phenoxy) is 1. The van der Waals surface area contributed by atoms with Crippen LogP contribution in [0.2, 0.25) is 5.02 Å². The van der Waals surface area contributed by atoms with Gasteiger partial charge in [0.2, 0.25) is 5.91 Å². The Labute approximate surface area is 178 Å². The Morgan fingerprint density at radius 3 is 2.07 bits per heavy atom. The van der Waals surface area contributed by atoms with Crippen molar-refractivity contribution < 1.29 is 14.3 Å². The molecule has 0 radical (unpaired) electrons. The molecule has 5 nitrogen and oxygen atoms in total. The van der Waals surface area contributed by atoms with E-state index in [1.807, 2.05) is 12.1 Å². The van der Waals surface area contributed by atoms with E-state index in [1.54, 1.807) is 67.8 Å². The highest BCUT2D eigenvalue weighted by molar-refractivity contribution is 8.00. The first kappa shape index (κ1) is 20.8. The fourth-order valence-electron chi connectivity index (χ4n) is 2.46. The zero-order valence-corrected chi connectivity index (χ0v) is 17.2. The second-order valence-electron chi connectivity index (χ2n) is 6.05. The molecule has 29 heavy (non-hydrogen) atoms. The molecule has 0 atom stereocenters. The summed E-state index contributed by atoms with van der Waals surface area (Å²) in [5.41, 5.74) is 1.80. The maximum atomic E-state index is 12.3. The second-order valence-corrected chi connectivity index (χ2v) is 7.54. The Kier molecular flexibility index (Phi) is 7.16. The first-order valence-electron chi connectivity index (χ1n) is 8.77. The molecule has 0 heterocycles. The summed E-state index contributed by atoms with van der Waals surface area (Å²) in [4.78, 5) is 25.4. The van der Waals surface area contributed by atoms with Crippen LogP contribution in [0, 0.1) is 0 Å². The average molecular weight is 427 g/mol. The normalized spacial score (nSPS) is 10.3. The third kappa shape index (κ3) is 6.27. The summed E-state index contributed by atoms with van der Waals surface area (Å²) in [5, 5.41) is 6.30. The largest absolute Gasteiger partial charge is 0.497 e. The Morgan fingerprint density at radius 1 is 0.862 bits per heavy atom. The molecule has 3 rings (SSSR count). The number of methoxy groups -OCH3 is 1. The number of nitrogens with one attached hydrogen (secondary N) is 2. The van der Waals surface area contributed by atoms with Crippen molar-refractivity contribution in [3.63, 3.8) is 0 Å². The smallest absolute Gasteiger partial charge is 0.255 e. The minimum Gasteiger partial charge on any atom is -0.497 e. The molecular weight excluding hydrogens is 408 g/mol. The van der Waals surface area contributed by atoms with E-state index in [0.717, 1.165) is 10.6 Å². The lowest BCUT2D eigenvalue weighted by molar-refractivity contribution is -0.113. The molecule has 7 heteroatoms. The number of thioether (sulfide) groups is 1. The maximum Gasteiger partial charge on any atom is 0.255 e. The zero-order chi connectivity index (χ0) is 20.6. The highest BCUT2D eigenvalue weighted by atomic mass is 35.5. The van der Waals surface area contributed by atoms with E-state index in [2.05, 4.69) is 10.6 Å². The van der Waals surface area contributed by atoms with Crippen LogP contribution in [0.1, 0.15) is 10.4 Å². The SMILES string of the molecule is COc1ccc(NC(=O)c2ccc(NC(=O)CSc3ccc(Cl)cc3)cc2)cc1.